The van der Waals surface area contributed by atoms with Crippen LogP contribution in [0.15, 0.2) is 64.9 Å². The van der Waals surface area contributed by atoms with Crippen LogP contribution in [0.25, 0.3) is 10.8 Å². The summed E-state index contributed by atoms with van der Waals surface area (Å²) in [4.78, 5) is 1.77. The van der Waals surface area contributed by atoms with E-state index in [1.807, 2.05) is 30.3 Å². The van der Waals surface area contributed by atoms with Crippen LogP contribution in [-0.4, -0.2) is 25.8 Å². The Morgan fingerprint density at radius 1 is 0.917 bits per heavy atom. The highest BCUT2D eigenvalue weighted by molar-refractivity contribution is 7.89. The van der Waals surface area contributed by atoms with Crippen LogP contribution in [-0.2, 0) is 10.0 Å². The zero-order chi connectivity index (χ0) is 16.6. The first-order valence-corrected chi connectivity index (χ1v) is 10.5. The molecule has 1 saturated heterocycles. The van der Waals surface area contributed by atoms with Crippen molar-refractivity contribution in [3.8, 4) is 0 Å². The first-order valence-electron chi connectivity index (χ1n) is 8.17. The molecule has 1 aliphatic heterocycles. The average Bonchev–Trinajstić information content (AvgIpc) is 3.16. The van der Waals surface area contributed by atoms with Gasteiger partial charge in [-0.1, -0.05) is 36.4 Å². The van der Waals surface area contributed by atoms with Crippen molar-refractivity contribution in [3.63, 3.8) is 0 Å². The molecule has 0 spiro atoms. The van der Waals surface area contributed by atoms with Gasteiger partial charge in [-0.2, -0.15) is 4.31 Å². The second-order valence-corrected chi connectivity index (χ2v) is 9.12. The molecule has 1 aromatic heterocycles. The number of piperidine rings is 1. The fourth-order valence-electron chi connectivity index (χ4n) is 3.38. The van der Waals surface area contributed by atoms with E-state index in [0.29, 0.717) is 23.9 Å². The molecule has 1 aliphatic rings. The molecule has 1 fully saturated rings. The number of hydrogen-bond donors (Lipinski definition) is 0. The SMILES string of the molecule is O=S(=O)(c1ccc2ccccc2c1)N1CCC(c2cccs2)CC1. The fraction of sp³-hybridized carbons (Fsp3) is 0.263. The second-order valence-electron chi connectivity index (χ2n) is 6.20. The summed E-state index contributed by atoms with van der Waals surface area (Å²) >= 11 is 1.77. The highest BCUT2D eigenvalue weighted by Crippen LogP contribution is 2.33. The van der Waals surface area contributed by atoms with Gasteiger partial charge in [0.05, 0.1) is 4.90 Å². The van der Waals surface area contributed by atoms with Crippen LogP contribution in [0.4, 0.5) is 0 Å². The summed E-state index contributed by atoms with van der Waals surface area (Å²) < 4.78 is 27.5. The molecule has 3 nitrogen and oxygen atoms in total. The number of rotatable bonds is 3. The summed E-state index contributed by atoms with van der Waals surface area (Å²) in [6.07, 6.45) is 1.79. The lowest BCUT2D eigenvalue weighted by molar-refractivity contribution is 0.321. The van der Waals surface area contributed by atoms with Gasteiger partial charge in [-0.3, -0.25) is 0 Å². The van der Waals surface area contributed by atoms with Crippen molar-refractivity contribution in [3.05, 3.63) is 64.9 Å². The normalized spacial score (nSPS) is 17.3. The smallest absolute Gasteiger partial charge is 0.207 e. The van der Waals surface area contributed by atoms with Gasteiger partial charge in [0.1, 0.15) is 0 Å². The van der Waals surface area contributed by atoms with Crippen molar-refractivity contribution in [2.75, 3.05) is 13.1 Å². The Morgan fingerprint density at radius 3 is 2.38 bits per heavy atom. The summed E-state index contributed by atoms with van der Waals surface area (Å²) in [5.74, 6) is 0.494. The quantitative estimate of drug-likeness (QED) is 0.693. The van der Waals surface area contributed by atoms with Crippen molar-refractivity contribution in [2.45, 2.75) is 23.7 Å². The van der Waals surface area contributed by atoms with Crippen molar-refractivity contribution in [1.82, 2.24) is 4.31 Å². The molecule has 0 radical (unpaired) electrons. The number of hydrogen-bond acceptors (Lipinski definition) is 3. The molecule has 124 valence electrons. The minimum Gasteiger partial charge on any atom is -0.207 e. The number of sulfonamides is 1. The van der Waals surface area contributed by atoms with Crippen LogP contribution in [0.5, 0.6) is 0 Å². The summed E-state index contributed by atoms with van der Waals surface area (Å²) in [6.45, 7) is 1.19. The Morgan fingerprint density at radius 2 is 1.67 bits per heavy atom. The molecule has 2 heterocycles. The first-order chi connectivity index (χ1) is 11.6. The van der Waals surface area contributed by atoms with Crippen LogP contribution in [0.1, 0.15) is 23.6 Å². The molecule has 0 unspecified atom stereocenters. The van der Waals surface area contributed by atoms with Crippen LogP contribution < -0.4 is 0 Å². The zero-order valence-electron chi connectivity index (χ0n) is 13.3. The van der Waals surface area contributed by atoms with E-state index in [2.05, 4.69) is 17.5 Å². The standard InChI is InChI=1S/C19H19NO2S2/c21-24(22,18-8-7-15-4-1-2-5-17(15)14-18)20-11-9-16(10-12-20)19-6-3-13-23-19/h1-8,13-14,16H,9-12H2. The molecular formula is C19H19NO2S2. The van der Waals surface area contributed by atoms with Gasteiger partial charge >= 0.3 is 0 Å². The Labute approximate surface area is 146 Å². The Balaban J connectivity index is 1.56. The van der Waals surface area contributed by atoms with Gasteiger partial charge in [0.2, 0.25) is 10.0 Å². The van der Waals surface area contributed by atoms with E-state index in [1.54, 1.807) is 27.8 Å². The van der Waals surface area contributed by atoms with Gasteiger partial charge in [-0.25, -0.2) is 8.42 Å². The van der Waals surface area contributed by atoms with Crippen LogP contribution in [0, 0.1) is 0 Å². The highest BCUT2D eigenvalue weighted by Gasteiger charge is 2.30. The molecule has 3 aromatic rings. The van der Waals surface area contributed by atoms with Crippen molar-refractivity contribution in [1.29, 1.82) is 0 Å². The third kappa shape index (κ3) is 2.88. The first kappa shape index (κ1) is 15.8. The number of thiophene rings is 1. The molecule has 2 aromatic carbocycles. The van der Waals surface area contributed by atoms with Gasteiger partial charge in [0, 0.05) is 18.0 Å². The summed E-state index contributed by atoms with van der Waals surface area (Å²) in [5, 5.41) is 4.12. The second kappa shape index (κ2) is 6.31. The van der Waals surface area contributed by atoms with E-state index in [0.717, 1.165) is 23.6 Å². The third-order valence-electron chi connectivity index (χ3n) is 4.76. The zero-order valence-corrected chi connectivity index (χ0v) is 14.9. The van der Waals surface area contributed by atoms with E-state index in [1.165, 1.54) is 4.88 Å². The van der Waals surface area contributed by atoms with E-state index < -0.39 is 10.0 Å². The maximum atomic E-state index is 13.0. The van der Waals surface area contributed by atoms with E-state index >= 15 is 0 Å². The molecule has 0 amide bonds. The molecule has 0 atom stereocenters. The number of nitrogens with zero attached hydrogens (tertiary/aromatic N) is 1. The van der Waals surface area contributed by atoms with Gasteiger partial charge < -0.3 is 0 Å². The van der Waals surface area contributed by atoms with Gasteiger partial charge in [0.15, 0.2) is 0 Å². The predicted octanol–water partition coefficient (Wildman–Crippen LogP) is 4.47. The van der Waals surface area contributed by atoms with E-state index in [4.69, 9.17) is 0 Å². The highest BCUT2D eigenvalue weighted by atomic mass is 32.2. The fourth-order valence-corrected chi connectivity index (χ4v) is 5.79. The number of benzene rings is 2. The van der Waals surface area contributed by atoms with Crippen LogP contribution in [0.3, 0.4) is 0 Å². The lowest BCUT2D eigenvalue weighted by Gasteiger charge is -2.30. The minimum absolute atomic E-state index is 0.399. The monoisotopic (exact) mass is 357 g/mol. The van der Waals surface area contributed by atoms with Crippen LogP contribution in [0.2, 0.25) is 0 Å². The van der Waals surface area contributed by atoms with Crippen LogP contribution >= 0.6 is 11.3 Å². The van der Waals surface area contributed by atoms with Gasteiger partial charge in [-0.05, 0) is 53.1 Å². The van der Waals surface area contributed by atoms with E-state index in [-0.39, 0.29) is 0 Å². The lowest BCUT2D eigenvalue weighted by atomic mass is 9.97. The summed E-state index contributed by atoms with van der Waals surface area (Å²) in [7, 11) is -3.41. The van der Waals surface area contributed by atoms with Gasteiger partial charge in [0.25, 0.3) is 0 Å². The minimum atomic E-state index is -3.41. The topological polar surface area (TPSA) is 37.4 Å². The van der Waals surface area contributed by atoms with Crippen molar-refractivity contribution >= 4 is 32.1 Å². The maximum Gasteiger partial charge on any atom is 0.243 e. The average molecular weight is 358 g/mol. The maximum absolute atomic E-state index is 13.0. The van der Waals surface area contributed by atoms with E-state index in [9.17, 15) is 8.42 Å². The predicted molar refractivity (Wildman–Crippen MR) is 99.0 cm³/mol. The van der Waals surface area contributed by atoms with Crippen molar-refractivity contribution in [2.24, 2.45) is 0 Å². The Hall–Kier alpha value is -1.69. The molecule has 0 saturated carbocycles. The largest absolute Gasteiger partial charge is 0.243 e. The molecular weight excluding hydrogens is 338 g/mol. The number of fused-ring (bicyclic) bond motifs is 1. The molecule has 24 heavy (non-hydrogen) atoms. The molecule has 5 heteroatoms. The lowest BCUT2D eigenvalue weighted by Crippen LogP contribution is -2.37. The molecule has 0 N–H and O–H groups in total. The Bertz CT molecular complexity index is 940. The Kier molecular flexibility index (Phi) is 4.16. The van der Waals surface area contributed by atoms with Crippen molar-refractivity contribution < 1.29 is 8.42 Å². The van der Waals surface area contributed by atoms with Gasteiger partial charge in [-0.15, -0.1) is 11.3 Å². The molecule has 0 aliphatic carbocycles. The summed E-state index contributed by atoms with van der Waals surface area (Å²) in [6, 6.07) is 17.5. The molecule has 4 rings (SSSR count). The summed E-state index contributed by atoms with van der Waals surface area (Å²) in [5.41, 5.74) is 0. The molecule has 0 bridgehead atoms. The third-order valence-corrected chi connectivity index (χ3v) is 7.69.